The molecule has 1 aromatic carbocycles. The first-order chi connectivity index (χ1) is 9.16. The topological polar surface area (TPSA) is 66.4 Å². The first-order valence-corrected chi connectivity index (χ1v) is 6.64. The first kappa shape index (κ1) is 13.3. The van der Waals surface area contributed by atoms with Crippen LogP contribution < -0.4 is 5.32 Å². The predicted molar refractivity (Wildman–Crippen MR) is 73.0 cm³/mol. The predicted octanol–water partition coefficient (Wildman–Crippen LogP) is 2.23. The normalized spacial score (nSPS) is 11.8. The third kappa shape index (κ3) is 3.66. The van der Waals surface area contributed by atoms with Crippen molar-refractivity contribution in [3.8, 4) is 0 Å². The zero-order valence-corrected chi connectivity index (χ0v) is 10.9. The number of benzene rings is 1. The van der Waals surface area contributed by atoms with Gasteiger partial charge in [-0.3, -0.25) is 4.79 Å². The highest BCUT2D eigenvalue weighted by atomic mass is 32.1. The SMILES string of the molecule is O=C(Cc1cccs1)N[C@H](C(=O)O)c1ccccc1. The van der Waals surface area contributed by atoms with Crippen molar-refractivity contribution in [2.45, 2.75) is 12.5 Å². The summed E-state index contributed by atoms with van der Waals surface area (Å²) in [6.07, 6.45) is 0.203. The number of aliphatic carboxylic acids is 1. The molecule has 2 N–H and O–H groups in total. The molecule has 0 spiro atoms. The number of hydrogen-bond acceptors (Lipinski definition) is 3. The Morgan fingerprint density at radius 2 is 1.89 bits per heavy atom. The maximum absolute atomic E-state index is 11.8. The van der Waals surface area contributed by atoms with Crippen LogP contribution in [-0.2, 0) is 16.0 Å². The summed E-state index contributed by atoms with van der Waals surface area (Å²) in [5.74, 6) is -1.36. The number of carboxylic acids is 1. The van der Waals surface area contributed by atoms with Gasteiger partial charge in [-0.25, -0.2) is 4.79 Å². The van der Waals surface area contributed by atoms with Crippen molar-refractivity contribution >= 4 is 23.2 Å². The summed E-state index contributed by atoms with van der Waals surface area (Å²) in [4.78, 5) is 24.0. The summed E-state index contributed by atoms with van der Waals surface area (Å²) in [6, 6.07) is 11.4. The first-order valence-electron chi connectivity index (χ1n) is 5.76. The highest BCUT2D eigenvalue weighted by Gasteiger charge is 2.21. The van der Waals surface area contributed by atoms with E-state index in [9.17, 15) is 14.7 Å². The maximum Gasteiger partial charge on any atom is 0.330 e. The number of thiophene rings is 1. The Balaban J connectivity index is 2.05. The van der Waals surface area contributed by atoms with Crippen LogP contribution in [-0.4, -0.2) is 17.0 Å². The van der Waals surface area contributed by atoms with Crippen molar-refractivity contribution in [3.05, 3.63) is 58.3 Å². The van der Waals surface area contributed by atoms with Crippen LogP contribution >= 0.6 is 11.3 Å². The molecular weight excluding hydrogens is 262 g/mol. The maximum atomic E-state index is 11.8. The van der Waals surface area contributed by atoms with E-state index in [1.165, 1.54) is 11.3 Å². The molecule has 0 radical (unpaired) electrons. The number of amides is 1. The molecule has 19 heavy (non-hydrogen) atoms. The van der Waals surface area contributed by atoms with E-state index in [2.05, 4.69) is 5.32 Å². The van der Waals surface area contributed by atoms with Crippen LogP contribution in [0.2, 0.25) is 0 Å². The van der Waals surface area contributed by atoms with Gasteiger partial charge in [0.15, 0.2) is 6.04 Å². The quantitative estimate of drug-likeness (QED) is 0.879. The average molecular weight is 275 g/mol. The van der Waals surface area contributed by atoms with E-state index in [0.717, 1.165) is 4.88 Å². The molecule has 0 saturated heterocycles. The molecule has 1 atom stereocenters. The van der Waals surface area contributed by atoms with E-state index in [1.54, 1.807) is 30.3 Å². The van der Waals surface area contributed by atoms with Gasteiger partial charge in [0.1, 0.15) is 0 Å². The average Bonchev–Trinajstić information content (AvgIpc) is 2.89. The number of nitrogens with one attached hydrogen (secondary N) is 1. The zero-order chi connectivity index (χ0) is 13.7. The van der Waals surface area contributed by atoms with Crippen LogP contribution in [0, 0.1) is 0 Å². The second kappa shape index (κ2) is 6.15. The standard InChI is InChI=1S/C14H13NO3S/c16-12(9-11-7-4-8-19-11)15-13(14(17)18)10-5-2-1-3-6-10/h1-8,13H,9H2,(H,15,16)(H,17,18)/t13-/m0/s1. The summed E-state index contributed by atoms with van der Waals surface area (Å²) in [6.45, 7) is 0. The van der Waals surface area contributed by atoms with Gasteiger partial charge in [-0.1, -0.05) is 36.4 Å². The van der Waals surface area contributed by atoms with Crippen molar-refractivity contribution in [2.24, 2.45) is 0 Å². The fourth-order valence-electron chi connectivity index (χ4n) is 1.72. The van der Waals surface area contributed by atoms with Gasteiger partial charge in [0.2, 0.25) is 5.91 Å². The van der Waals surface area contributed by atoms with Crippen molar-refractivity contribution in [2.75, 3.05) is 0 Å². The molecule has 4 nitrogen and oxygen atoms in total. The molecule has 2 aromatic rings. The highest BCUT2D eigenvalue weighted by molar-refractivity contribution is 7.10. The van der Waals surface area contributed by atoms with Crippen molar-refractivity contribution in [1.29, 1.82) is 0 Å². The molecule has 1 aromatic heterocycles. The minimum absolute atomic E-state index is 0.203. The molecule has 0 aliphatic rings. The molecule has 2 rings (SSSR count). The molecule has 0 saturated carbocycles. The summed E-state index contributed by atoms with van der Waals surface area (Å²) < 4.78 is 0. The fourth-order valence-corrected chi connectivity index (χ4v) is 2.42. The van der Waals surface area contributed by atoms with Gasteiger partial charge in [-0.05, 0) is 17.0 Å². The lowest BCUT2D eigenvalue weighted by atomic mass is 10.1. The minimum Gasteiger partial charge on any atom is -0.479 e. The smallest absolute Gasteiger partial charge is 0.330 e. The lowest BCUT2D eigenvalue weighted by Gasteiger charge is -2.14. The van der Waals surface area contributed by atoms with Crippen LogP contribution in [0.1, 0.15) is 16.5 Å². The number of carboxylic acid groups (broad SMARTS) is 1. The summed E-state index contributed by atoms with van der Waals surface area (Å²) in [5, 5.41) is 13.6. The van der Waals surface area contributed by atoms with Gasteiger partial charge in [0.25, 0.3) is 0 Å². The second-order valence-corrected chi connectivity index (χ2v) is 5.04. The Labute approximate surface area is 114 Å². The fraction of sp³-hybridized carbons (Fsp3) is 0.143. The number of carbonyl (C=O) groups excluding carboxylic acids is 1. The molecule has 0 aliphatic heterocycles. The third-order valence-electron chi connectivity index (χ3n) is 2.60. The summed E-state index contributed by atoms with van der Waals surface area (Å²) >= 11 is 1.47. The van der Waals surface area contributed by atoms with E-state index in [0.29, 0.717) is 5.56 Å². The zero-order valence-electron chi connectivity index (χ0n) is 10.1. The molecule has 0 aliphatic carbocycles. The Morgan fingerprint density at radius 1 is 1.16 bits per heavy atom. The Hall–Kier alpha value is -2.14. The van der Waals surface area contributed by atoms with E-state index in [1.807, 2.05) is 17.5 Å². The van der Waals surface area contributed by atoms with Gasteiger partial charge < -0.3 is 10.4 Å². The molecule has 1 amide bonds. The van der Waals surface area contributed by atoms with Gasteiger partial charge in [0.05, 0.1) is 6.42 Å². The molecular formula is C14H13NO3S. The Morgan fingerprint density at radius 3 is 2.47 bits per heavy atom. The van der Waals surface area contributed by atoms with E-state index < -0.39 is 12.0 Å². The molecule has 5 heteroatoms. The monoisotopic (exact) mass is 275 g/mol. The van der Waals surface area contributed by atoms with Crippen LogP contribution in [0.15, 0.2) is 47.8 Å². The van der Waals surface area contributed by atoms with Gasteiger partial charge >= 0.3 is 5.97 Å². The Bertz CT molecular complexity index is 551. The van der Waals surface area contributed by atoms with E-state index >= 15 is 0 Å². The molecule has 98 valence electrons. The molecule has 1 heterocycles. The Kier molecular flexibility index (Phi) is 4.30. The van der Waals surface area contributed by atoms with E-state index in [-0.39, 0.29) is 12.3 Å². The van der Waals surface area contributed by atoms with Crippen LogP contribution in [0.4, 0.5) is 0 Å². The number of carbonyl (C=O) groups is 2. The lowest BCUT2D eigenvalue weighted by molar-refractivity contribution is -0.141. The van der Waals surface area contributed by atoms with Crippen molar-refractivity contribution < 1.29 is 14.7 Å². The molecule has 0 fully saturated rings. The van der Waals surface area contributed by atoms with Crippen molar-refractivity contribution in [3.63, 3.8) is 0 Å². The largest absolute Gasteiger partial charge is 0.479 e. The molecule has 0 unspecified atom stereocenters. The summed E-state index contributed by atoms with van der Waals surface area (Å²) in [7, 11) is 0. The third-order valence-corrected chi connectivity index (χ3v) is 3.48. The lowest BCUT2D eigenvalue weighted by Crippen LogP contribution is -2.34. The van der Waals surface area contributed by atoms with Crippen LogP contribution in [0.25, 0.3) is 0 Å². The van der Waals surface area contributed by atoms with Gasteiger partial charge in [0, 0.05) is 4.88 Å². The van der Waals surface area contributed by atoms with Crippen molar-refractivity contribution in [1.82, 2.24) is 5.32 Å². The van der Waals surface area contributed by atoms with Gasteiger partial charge in [-0.15, -0.1) is 11.3 Å². The highest BCUT2D eigenvalue weighted by Crippen LogP contribution is 2.14. The molecule has 0 bridgehead atoms. The van der Waals surface area contributed by atoms with Crippen LogP contribution in [0.5, 0.6) is 0 Å². The van der Waals surface area contributed by atoms with Gasteiger partial charge in [-0.2, -0.15) is 0 Å². The van der Waals surface area contributed by atoms with Crippen LogP contribution in [0.3, 0.4) is 0 Å². The van der Waals surface area contributed by atoms with E-state index in [4.69, 9.17) is 0 Å². The number of hydrogen-bond donors (Lipinski definition) is 2. The summed E-state index contributed by atoms with van der Waals surface area (Å²) in [5.41, 5.74) is 0.564. The number of rotatable bonds is 5. The second-order valence-electron chi connectivity index (χ2n) is 4.01. The minimum atomic E-state index is -1.06.